The van der Waals surface area contributed by atoms with Crippen LogP contribution in [-0.2, 0) is 52.1 Å². The highest BCUT2D eigenvalue weighted by atomic mass is 32.2. The molecule has 3 aliphatic heterocycles. The summed E-state index contributed by atoms with van der Waals surface area (Å²) < 4.78 is 5.64. The normalized spacial score (nSPS) is 20.2. The summed E-state index contributed by atoms with van der Waals surface area (Å²) in [5.74, 6) is -2.90. The van der Waals surface area contributed by atoms with Crippen molar-refractivity contribution in [1.29, 1.82) is 0 Å². The third-order valence-corrected chi connectivity index (χ3v) is 14.0. The predicted molar refractivity (Wildman–Crippen MR) is 248 cm³/mol. The molecule has 4 heterocycles. The lowest BCUT2D eigenvalue weighted by Gasteiger charge is -2.48. The number of nitrogens with zero attached hydrogens (tertiary/aromatic N) is 4. The number of rotatable bonds is 13. The monoisotopic (exact) mass is 928 g/mol. The quantitative estimate of drug-likeness (QED) is 0.0243. The van der Waals surface area contributed by atoms with Gasteiger partial charge in [-0.2, -0.15) is 0 Å². The number of hydroxylamine groups is 2. The van der Waals surface area contributed by atoms with Gasteiger partial charge in [-0.25, -0.2) is 14.6 Å². The lowest BCUT2D eigenvalue weighted by Crippen LogP contribution is -2.69. The fourth-order valence-electron chi connectivity index (χ4n) is 8.21. The standard InChI is InChI=1S/C49H48N6O9S2/c1-29-35(44(60)63-54-23-20-30-24-37(56)38(57)25-31(30)26-54)27-55-42(59)40(43(55)66-29)51-41(58)39(53-64-48(21-22-48)45(61)62-47(2,3)4)36-28-65-46(50-36)52-49(32-14-8-5-9-15-32,33-16-10-6-11-17-33)34-18-12-7-13-19-34/h5-19,24-25,27-29,40,43,56-57H,20-23,26H2,1-4H3,(H,50,52)(H,51,58)/t29?,40?,43-/m1/s1. The molecule has 0 radical (unpaired) electrons. The number of ether oxygens (including phenoxy) is 1. The Labute approximate surface area is 389 Å². The lowest BCUT2D eigenvalue weighted by atomic mass is 9.77. The second kappa shape index (κ2) is 17.6. The number of β-lactam (4-membered cyclic amide) rings is 1. The Kier molecular flexibility index (Phi) is 11.9. The molecule has 66 heavy (non-hydrogen) atoms. The molecule has 9 rings (SSSR count). The molecule has 1 aliphatic carbocycles. The van der Waals surface area contributed by atoms with Gasteiger partial charge in [-0.1, -0.05) is 96.2 Å². The Morgan fingerprint density at radius 2 is 1.47 bits per heavy atom. The second-order valence-corrected chi connectivity index (χ2v) is 19.9. The van der Waals surface area contributed by atoms with Crippen molar-refractivity contribution in [1.82, 2.24) is 20.3 Å². The van der Waals surface area contributed by atoms with Gasteiger partial charge in [0.15, 0.2) is 22.3 Å². The Bertz CT molecular complexity index is 2640. The number of benzene rings is 4. The van der Waals surface area contributed by atoms with E-state index in [1.165, 1.54) is 51.4 Å². The number of phenols is 2. The first kappa shape index (κ1) is 44.5. The van der Waals surface area contributed by atoms with Crippen LogP contribution in [-0.4, -0.2) is 89.0 Å². The van der Waals surface area contributed by atoms with E-state index in [-0.39, 0.29) is 35.0 Å². The van der Waals surface area contributed by atoms with Gasteiger partial charge >= 0.3 is 11.9 Å². The second-order valence-electron chi connectivity index (χ2n) is 17.6. The van der Waals surface area contributed by atoms with Crippen LogP contribution in [0.1, 0.15) is 74.0 Å². The van der Waals surface area contributed by atoms with Crippen molar-refractivity contribution in [3.63, 3.8) is 0 Å². The average molecular weight is 929 g/mol. The van der Waals surface area contributed by atoms with Crippen LogP contribution in [0.25, 0.3) is 0 Å². The van der Waals surface area contributed by atoms with Gasteiger partial charge in [0.05, 0.1) is 12.1 Å². The van der Waals surface area contributed by atoms with Crippen LogP contribution in [0, 0.1) is 0 Å². The molecule has 0 spiro atoms. The molecule has 4 aliphatic rings. The minimum atomic E-state index is -1.38. The van der Waals surface area contributed by atoms with Gasteiger partial charge in [0.2, 0.25) is 5.60 Å². The Balaban J connectivity index is 0.972. The van der Waals surface area contributed by atoms with Crippen LogP contribution in [0.4, 0.5) is 5.13 Å². The topological polar surface area (TPSA) is 192 Å². The third-order valence-electron chi connectivity index (χ3n) is 11.8. The number of hydrogen-bond donors (Lipinski definition) is 4. The molecule has 4 aromatic carbocycles. The van der Waals surface area contributed by atoms with E-state index in [1.54, 1.807) is 26.2 Å². The van der Waals surface area contributed by atoms with Crippen molar-refractivity contribution in [2.24, 2.45) is 5.16 Å². The summed E-state index contributed by atoms with van der Waals surface area (Å²) in [7, 11) is 0. The summed E-state index contributed by atoms with van der Waals surface area (Å²) in [5.41, 5.74) is 1.48. The number of hydrogen-bond acceptors (Lipinski definition) is 15. The number of oxime groups is 1. The minimum absolute atomic E-state index is 0.147. The lowest BCUT2D eigenvalue weighted by molar-refractivity contribution is -0.190. The SMILES string of the molecule is CC1S[C@@H]2C(NC(=O)C(=NOC3(C(=O)OC(C)(C)C)CC3)c3csc(NC(c4ccccc4)(c4ccccc4)c4ccccc4)n3)C(=O)N2C=C1C(=O)ON1CCc2cc(O)c(O)cc2C1. The van der Waals surface area contributed by atoms with Gasteiger partial charge in [-0.15, -0.1) is 28.2 Å². The van der Waals surface area contributed by atoms with Gasteiger partial charge in [0, 0.05) is 36.2 Å². The maximum atomic E-state index is 14.5. The molecule has 340 valence electrons. The zero-order valence-corrected chi connectivity index (χ0v) is 38.2. The molecule has 3 atom stereocenters. The van der Waals surface area contributed by atoms with Gasteiger partial charge in [-0.05, 0) is 74.1 Å². The van der Waals surface area contributed by atoms with Crippen LogP contribution in [0.15, 0.2) is 125 Å². The first-order valence-electron chi connectivity index (χ1n) is 21.6. The highest BCUT2D eigenvalue weighted by Gasteiger charge is 2.57. The minimum Gasteiger partial charge on any atom is -0.504 e. The highest BCUT2D eigenvalue weighted by molar-refractivity contribution is 8.00. The molecule has 15 nitrogen and oxygen atoms in total. The third kappa shape index (κ3) is 8.73. The number of esters is 1. The van der Waals surface area contributed by atoms with E-state index in [1.807, 2.05) is 97.9 Å². The molecule has 0 bridgehead atoms. The van der Waals surface area contributed by atoms with Crippen molar-refractivity contribution in [2.75, 3.05) is 11.9 Å². The number of anilines is 1. The smallest absolute Gasteiger partial charge is 0.355 e. The van der Waals surface area contributed by atoms with Crippen molar-refractivity contribution in [3.8, 4) is 11.5 Å². The molecule has 2 unspecified atom stereocenters. The molecule has 5 aromatic rings. The summed E-state index contributed by atoms with van der Waals surface area (Å²) in [6, 6.07) is 31.9. The van der Waals surface area contributed by atoms with Crippen molar-refractivity contribution in [3.05, 3.63) is 154 Å². The molecule has 2 amide bonds. The molecular formula is C49H48N6O9S2. The van der Waals surface area contributed by atoms with E-state index in [4.69, 9.17) is 19.4 Å². The maximum Gasteiger partial charge on any atom is 0.355 e. The first-order valence-corrected chi connectivity index (χ1v) is 23.4. The largest absolute Gasteiger partial charge is 0.504 e. The summed E-state index contributed by atoms with van der Waals surface area (Å²) in [6.07, 6.45) is 2.62. The molecule has 4 N–H and O–H groups in total. The number of fused-ring (bicyclic) bond motifs is 2. The molecule has 1 aromatic heterocycles. The average Bonchev–Trinajstić information content (AvgIpc) is 3.97. The van der Waals surface area contributed by atoms with E-state index in [0.717, 1.165) is 27.8 Å². The van der Waals surface area contributed by atoms with Crippen LogP contribution >= 0.6 is 23.1 Å². The number of thiazole rings is 1. The zero-order valence-electron chi connectivity index (χ0n) is 36.6. The summed E-state index contributed by atoms with van der Waals surface area (Å²) in [6.45, 7) is 7.66. The van der Waals surface area contributed by atoms with Crippen LogP contribution in [0.2, 0.25) is 0 Å². The molecule has 17 heteroatoms. The molecular weight excluding hydrogens is 881 g/mol. The van der Waals surface area contributed by atoms with Crippen LogP contribution < -0.4 is 10.6 Å². The number of aromatic hydroxyl groups is 2. The number of carbonyl (C=O) groups is 4. The molecule has 1 saturated carbocycles. The fraction of sp³-hybridized carbons (Fsp3) is 0.306. The van der Waals surface area contributed by atoms with Gasteiger partial charge < -0.3 is 40.2 Å². The van der Waals surface area contributed by atoms with Crippen molar-refractivity contribution < 1.29 is 43.8 Å². The highest BCUT2D eigenvalue weighted by Crippen LogP contribution is 2.44. The van der Waals surface area contributed by atoms with E-state index >= 15 is 0 Å². The fourth-order valence-corrected chi connectivity index (χ4v) is 10.3. The predicted octanol–water partition coefficient (Wildman–Crippen LogP) is 6.74. The van der Waals surface area contributed by atoms with E-state index < -0.39 is 57.2 Å². The van der Waals surface area contributed by atoms with E-state index in [2.05, 4.69) is 15.8 Å². The molecule has 1 saturated heterocycles. The van der Waals surface area contributed by atoms with Crippen molar-refractivity contribution >= 4 is 57.7 Å². The number of aromatic nitrogens is 1. The number of nitrogens with one attached hydrogen (secondary N) is 2. The number of carbonyl (C=O) groups excluding carboxylic acids is 4. The molecule has 2 fully saturated rings. The summed E-state index contributed by atoms with van der Waals surface area (Å²) in [5, 5.41) is 33.4. The first-order chi connectivity index (χ1) is 31.6. The van der Waals surface area contributed by atoms with Gasteiger partial charge in [0.25, 0.3) is 11.8 Å². The van der Waals surface area contributed by atoms with Crippen LogP contribution in [0.5, 0.6) is 11.5 Å². The maximum absolute atomic E-state index is 14.5. The Morgan fingerprint density at radius 3 is 2.05 bits per heavy atom. The zero-order chi connectivity index (χ0) is 46.4. The van der Waals surface area contributed by atoms with Crippen LogP contribution in [0.3, 0.4) is 0 Å². The number of amides is 2. The Morgan fingerprint density at radius 1 is 0.879 bits per heavy atom. The van der Waals surface area contributed by atoms with Gasteiger partial charge in [-0.3, -0.25) is 9.59 Å². The van der Waals surface area contributed by atoms with E-state index in [0.29, 0.717) is 30.9 Å². The number of thioether (sulfide) groups is 1. The van der Waals surface area contributed by atoms with E-state index in [9.17, 15) is 29.4 Å². The summed E-state index contributed by atoms with van der Waals surface area (Å²) in [4.78, 5) is 73.0. The number of phenolic OH excluding ortho intramolecular Hbond substituents is 2. The van der Waals surface area contributed by atoms with Crippen molar-refractivity contribution in [2.45, 2.75) is 86.9 Å². The summed E-state index contributed by atoms with van der Waals surface area (Å²) >= 11 is 2.57. The Hall–Kier alpha value is -6.69. The van der Waals surface area contributed by atoms with Gasteiger partial charge in [0.1, 0.15) is 28.2 Å².